The predicted octanol–water partition coefficient (Wildman–Crippen LogP) is 7.98. The van der Waals surface area contributed by atoms with E-state index in [-0.39, 0.29) is 0 Å². The van der Waals surface area contributed by atoms with Gasteiger partial charge in [-0.05, 0) is 48.3 Å². The van der Waals surface area contributed by atoms with E-state index in [1.165, 1.54) is 38.5 Å². The monoisotopic (exact) mass is 354 g/mol. The van der Waals surface area contributed by atoms with Gasteiger partial charge in [-0.15, -0.1) is 0 Å². The molecule has 0 aromatic heterocycles. The van der Waals surface area contributed by atoms with Crippen LogP contribution in [0.1, 0.15) is 108 Å². The summed E-state index contributed by atoms with van der Waals surface area (Å²) in [6, 6.07) is 0. The van der Waals surface area contributed by atoms with Gasteiger partial charge >= 0.3 is 0 Å². The average molecular weight is 355 g/mol. The minimum Gasteiger partial charge on any atom is -0.374 e. The lowest BCUT2D eigenvalue weighted by atomic mass is 9.81. The van der Waals surface area contributed by atoms with Gasteiger partial charge in [0, 0.05) is 0 Å². The molecule has 0 aliphatic rings. The molecule has 0 aromatic rings. The van der Waals surface area contributed by atoms with Gasteiger partial charge in [0.2, 0.25) is 0 Å². The second kappa shape index (κ2) is 13.2. The molecule has 0 heterocycles. The molecule has 0 spiro atoms. The van der Waals surface area contributed by atoms with Crippen molar-refractivity contribution >= 4 is 0 Å². The van der Waals surface area contributed by atoms with Crippen molar-refractivity contribution in [1.29, 1.82) is 0 Å². The van der Waals surface area contributed by atoms with E-state index in [0.29, 0.717) is 24.0 Å². The van der Waals surface area contributed by atoms with Crippen LogP contribution in [0.5, 0.6) is 0 Å². The number of ether oxygens (including phenoxy) is 1. The number of hydrogen-bond donors (Lipinski definition) is 0. The summed E-state index contributed by atoms with van der Waals surface area (Å²) in [7, 11) is 0. The summed E-state index contributed by atoms with van der Waals surface area (Å²) in [5.41, 5.74) is 0. The average Bonchev–Trinajstić information content (AvgIpc) is 2.63. The maximum absolute atomic E-state index is 6.97. The minimum atomic E-state index is 0.408. The van der Waals surface area contributed by atoms with Crippen LogP contribution in [-0.2, 0) is 4.74 Å². The van der Waals surface area contributed by atoms with E-state index >= 15 is 0 Å². The van der Waals surface area contributed by atoms with Gasteiger partial charge < -0.3 is 4.74 Å². The predicted molar refractivity (Wildman–Crippen MR) is 114 cm³/mol. The fraction of sp³-hybridized carbons (Fsp3) is 1.00. The third kappa shape index (κ3) is 8.94. The fourth-order valence-corrected chi connectivity index (χ4v) is 3.62. The van der Waals surface area contributed by atoms with Gasteiger partial charge in [-0.25, -0.2) is 0 Å². The molecule has 0 bridgehead atoms. The van der Waals surface area contributed by atoms with Crippen LogP contribution in [0.2, 0.25) is 0 Å². The highest BCUT2D eigenvalue weighted by Crippen LogP contribution is 2.33. The summed E-state index contributed by atoms with van der Waals surface area (Å²) < 4.78 is 6.97. The van der Waals surface area contributed by atoms with Crippen LogP contribution in [0, 0.1) is 35.5 Å². The second-order valence-corrected chi connectivity index (χ2v) is 9.20. The van der Waals surface area contributed by atoms with Gasteiger partial charge in [-0.2, -0.15) is 0 Å². The van der Waals surface area contributed by atoms with E-state index in [0.717, 1.165) is 23.7 Å². The van der Waals surface area contributed by atoms with Crippen molar-refractivity contribution in [3.8, 4) is 0 Å². The quantitative estimate of drug-likeness (QED) is 0.307. The highest BCUT2D eigenvalue weighted by atomic mass is 16.5. The van der Waals surface area contributed by atoms with Crippen molar-refractivity contribution in [2.75, 3.05) is 0 Å². The third-order valence-electron chi connectivity index (χ3n) is 7.27. The maximum Gasteiger partial charge on any atom is 0.0609 e. The highest BCUT2D eigenvalue weighted by Gasteiger charge is 2.31. The van der Waals surface area contributed by atoms with E-state index in [9.17, 15) is 0 Å². The molecule has 0 aromatic carbocycles. The van der Waals surface area contributed by atoms with E-state index in [1.807, 2.05) is 0 Å². The Balaban J connectivity index is 5.31. The van der Waals surface area contributed by atoms with Crippen LogP contribution in [-0.4, -0.2) is 12.2 Å². The zero-order valence-electron chi connectivity index (χ0n) is 19.3. The molecule has 8 atom stereocenters. The van der Waals surface area contributed by atoms with Crippen molar-refractivity contribution in [1.82, 2.24) is 0 Å². The topological polar surface area (TPSA) is 9.23 Å². The molecule has 152 valence electrons. The van der Waals surface area contributed by atoms with Crippen molar-refractivity contribution < 1.29 is 4.74 Å². The van der Waals surface area contributed by atoms with Crippen LogP contribution < -0.4 is 0 Å². The Bertz CT molecular complexity index is 283. The zero-order chi connectivity index (χ0) is 19.6. The molecule has 1 nitrogen and oxygen atoms in total. The molecule has 0 N–H and O–H groups in total. The molecule has 0 saturated heterocycles. The molecule has 0 aliphatic heterocycles. The van der Waals surface area contributed by atoms with Crippen LogP contribution in [0.4, 0.5) is 0 Å². The molecule has 1 heteroatoms. The first-order valence-corrected chi connectivity index (χ1v) is 11.4. The van der Waals surface area contributed by atoms with Crippen molar-refractivity contribution in [2.45, 2.75) is 120 Å². The van der Waals surface area contributed by atoms with E-state index < -0.39 is 0 Å². The Morgan fingerprint density at radius 1 is 0.520 bits per heavy atom. The molecule has 8 unspecified atom stereocenters. The summed E-state index contributed by atoms with van der Waals surface area (Å²) in [4.78, 5) is 0. The molecule has 0 saturated carbocycles. The van der Waals surface area contributed by atoms with Gasteiger partial charge in [0.1, 0.15) is 0 Å². The minimum absolute atomic E-state index is 0.408. The van der Waals surface area contributed by atoms with Crippen molar-refractivity contribution in [3.05, 3.63) is 0 Å². The SMILES string of the molecule is CCC(C)CC(OC(CC(C)CC)C(C)C(C)CC)C(C)C(C)CC. The van der Waals surface area contributed by atoms with E-state index in [2.05, 4.69) is 69.2 Å². The van der Waals surface area contributed by atoms with Gasteiger partial charge in [-0.1, -0.05) is 94.9 Å². The Morgan fingerprint density at radius 2 is 0.840 bits per heavy atom. The van der Waals surface area contributed by atoms with E-state index in [4.69, 9.17) is 4.74 Å². The maximum atomic E-state index is 6.97. The van der Waals surface area contributed by atoms with Crippen molar-refractivity contribution in [2.24, 2.45) is 35.5 Å². The summed E-state index contributed by atoms with van der Waals surface area (Å²) in [5.74, 6) is 4.25. The summed E-state index contributed by atoms with van der Waals surface area (Å²) in [5, 5.41) is 0. The van der Waals surface area contributed by atoms with Crippen molar-refractivity contribution in [3.63, 3.8) is 0 Å². The third-order valence-corrected chi connectivity index (χ3v) is 7.27. The largest absolute Gasteiger partial charge is 0.374 e. The fourth-order valence-electron chi connectivity index (χ4n) is 3.62. The molecular formula is C24H50O. The summed E-state index contributed by atoms with van der Waals surface area (Å²) >= 11 is 0. The Kier molecular flexibility index (Phi) is 13.2. The summed E-state index contributed by atoms with van der Waals surface area (Å²) in [6.45, 7) is 23.7. The molecule has 0 rings (SSSR count). The van der Waals surface area contributed by atoms with Crippen LogP contribution >= 0.6 is 0 Å². The van der Waals surface area contributed by atoms with Gasteiger partial charge in [0.05, 0.1) is 12.2 Å². The first-order valence-electron chi connectivity index (χ1n) is 11.4. The zero-order valence-corrected chi connectivity index (χ0v) is 19.3. The lowest BCUT2D eigenvalue weighted by Gasteiger charge is -2.38. The van der Waals surface area contributed by atoms with Crippen LogP contribution in [0.3, 0.4) is 0 Å². The Morgan fingerprint density at radius 3 is 1.08 bits per heavy atom. The lowest BCUT2D eigenvalue weighted by molar-refractivity contribution is -0.0971. The van der Waals surface area contributed by atoms with Gasteiger partial charge in [0.15, 0.2) is 0 Å². The number of hydrogen-bond acceptors (Lipinski definition) is 1. The lowest BCUT2D eigenvalue weighted by Crippen LogP contribution is -2.37. The standard InChI is InChI=1S/C24H50O/c1-11-17(5)15-23(21(9)19(7)13-3)25-24(16-18(6)12-2)22(10)20(8)14-4/h17-24H,11-16H2,1-10H3. The first kappa shape index (κ1) is 25.0. The van der Waals surface area contributed by atoms with Crippen LogP contribution in [0.25, 0.3) is 0 Å². The normalized spacial score (nSPS) is 21.8. The number of rotatable bonds is 14. The van der Waals surface area contributed by atoms with E-state index in [1.54, 1.807) is 0 Å². The summed E-state index contributed by atoms with van der Waals surface area (Å²) in [6.07, 6.45) is 8.25. The molecule has 0 aliphatic carbocycles. The molecule has 25 heavy (non-hydrogen) atoms. The molecule has 0 amide bonds. The molecular weight excluding hydrogens is 304 g/mol. The Labute approximate surface area is 160 Å². The molecule has 0 fully saturated rings. The first-order chi connectivity index (χ1) is 11.7. The molecule has 0 radical (unpaired) electrons. The van der Waals surface area contributed by atoms with Gasteiger partial charge in [-0.3, -0.25) is 0 Å². The van der Waals surface area contributed by atoms with Gasteiger partial charge in [0.25, 0.3) is 0 Å². The smallest absolute Gasteiger partial charge is 0.0609 e. The second-order valence-electron chi connectivity index (χ2n) is 9.20. The van der Waals surface area contributed by atoms with Crippen LogP contribution in [0.15, 0.2) is 0 Å². The Hall–Kier alpha value is -0.0400. The highest BCUT2D eigenvalue weighted by molar-refractivity contribution is 4.79.